The molecular formula is C17H16Cl2N2O3. The van der Waals surface area contributed by atoms with Crippen molar-refractivity contribution < 1.29 is 14.3 Å². The first-order valence-corrected chi connectivity index (χ1v) is 7.90. The van der Waals surface area contributed by atoms with Gasteiger partial charge in [0, 0.05) is 17.1 Å². The standard InChI is InChI=1S/C17H16Cl2N2O3/c1-10(24-15-7-6-13(18)8-14(15)19)17(23)21-9-11-2-4-12(5-3-11)16(20)22/h2-8,10H,9H2,1H3,(H2,20,22)(H,21,23). The van der Waals surface area contributed by atoms with Crippen LogP contribution in [-0.2, 0) is 11.3 Å². The van der Waals surface area contributed by atoms with Crippen LogP contribution in [0.1, 0.15) is 22.8 Å². The van der Waals surface area contributed by atoms with Gasteiger partial charge in [0.2, 0.25) is 5.91 Å². The van der Waals surface area contributed by atoms with Gasteiger partial charge in [-0.25, -0.2) is 0 Å². The van der Waals surface area contributed by atoms with Crippen molar-refractivity contribution in [3.8, 4) is 5.75 Å². The van der Waals surface area contributed by atoms with Crippen LogP contribution in [0.2, 0.25) is 10.0 Å². The molecule has 5 nitrogen and oxygen atoms in total. The number of hydrogen-bond donors (Lipinski definition) is 2. The number of nitrogens with one attached hydrogen (secondary N) is 1. The molecule has 0 aromatic heterocycles. The van der Waals surface area contributed by atoms with Gasteiger partial charge in [-0.15, -0.1) is 0 Å². The highest BCUT2D eigenvalue weighted by molar-refractivity contribution is 6.35. The highest BCUT2D eigenvalue weighted by Gasteiger charge is 2.16. The molecule has 24 heavy (non-hydrogen) atoms. The first kappa shape index (κ1) is 18.1. The van der Waals surface area contributed by atoms with Crippen LogP contribution < -0.4 is 15.8 Å². The van der Waals surface area contributed by atoms with Gasteiger partial charge in [-0.1, -0.05) is 35.3 Å². The van der Waals surface area contributed by atoms with Crippen molar-refractivity contribution >= 4 is 35.0 Å². The molecule has 2 aromatic rings. The largest absolute Gasteiger partial charge is 0.479 e. The van der Waals surface area contributed by atoms with Crippen LogP contribution in [0.15, 0.2) is 42.5 Å². The van der Waals surface area contributed by atoms with Crippen molar-refractivity contribution in [1.82, 2.24) is 5.32 Å². The smallest absolute Gasteiger partial charge is 0.261 e. The zero-order valence-electron chi connectivity index (χ0n) is 12.9. The van der Waals surface area contributed by atoms with Crippen molar-refractivity contribution in [3.05, 3.63) is 63.6 Å². The molecule has 126 valence electrons. The Balaban J connectivity index is 1.90. The third-order valence-electron chi connectivity index (χ3n) is 3.27. The van der Waals surface area contributed by atoms with E-state index in [0.29, 0.717) is 27.9 Å². The lowest BCUT2D eigenvalue weighted by Gasteiger charge is -2.16. The summed E-state index contributed by atoms with van der Waals surface area (Å²) in [4.78, 5) is 23.1. The van der Waals surface area contributed by atoms with Gasteiger partial charge in [0.05, 0.1) is 5.02 Å². The molecule has 2 aromatic carbocycles. The zero-order valence-corrected chi connectivity index (χ0v) is 14.4. The Morgan fingerprint density at radius 1 is 1.17 bits per heavy atom. The van der Waals surface area contributed by atoms with Crippen LogP contribution in [0.5, 0.6) is 5.75 Å². The molecule has 0 aliphatic carbocycles. The van der Waals surface area contributed by atoms with Crippen molar-refractivity contribution in [2.24, 2.45) is 5.73 Å². The first-order valence-electron chi connectivity index (χ1n) is 7.15. The Bertz CT molecular complexity index is 748. The molecule has 0 fully saturated rings. The van der Waals surface area contributed by atoms with Crippen LogP contribution in [0.25, 0.3) is 0 Å². The van der Waals surface area contributed by atoms with Gasteiger partial charge in [0.25, 0.3) is 5.91 Å². The zero-order chi connectivity index (χ0) is 17.7. The summed E-state index contributed by atoms with van der Waals surface area (Å²) in [6.07, 6.45) is -0.728. The van der Waals surface area contributed by atoms with E-state index in [-0.39, 0.29) is 5.91 Å². The molecule has 1 unspecified atom stereocenters. The third-order valence-corrected chi connectivity index (χ3v) is 3.80. The van der Waals surface area contributed by atoms with Crippen LogP contribution in [0.4, 0.5) is 0 Å². The summed E-state index contributed by atoms with van der Waals surface area (Å²) >= 11 is 11.8. The predicted octanol–water partition coefficient (Wildman–Crippen LogP) is 3.18. The number of ether oxygens (including phenoxy) is 1. The number of halogens is 2. The van der Waals surface area contributed by atoms with E-state index in [9.17, 15) is 9.59 Å². The van der Waals surface area contributed by atoms with Gasteiger partial charge >= 0.3 is 0 Å². The van der Waals surface area contributed by atoms with Crippen molar-refractivity contribution in [2.45, 2.75) is 19.6 Å². The Morgan fingerprint density at radius 2 is 1.83 bits per heavy atom. The number of nitrogens with two attached hydrogens (primary N) is 1. The lowest BCUT2D eigenvalue weighted by molar-refractivity contribution is -0.127. The molecule has 2 rings (SSSR count). The number of amides is 2. The van der Waals surface area contributed by atoms with E-state index in [1.807, 2.05) is 0 Å². The molecule has 0 radical (unpaired) electrons. The number of rotatable bonds is 6. The number of benzene rings is 2. The minimum atomic E-state index is -0.728. The summed E-state index contributed by atoms with van der Waals surface area (Å²) in [5.74, 6) is -0.401. The molecule has 3 N–H and O–H groups in total. The molecular weight excluding hydrogens is 351 g/mol. The second kappa shape index (κ2) is 8.04. The second-order valence-corrected chi connectivity index (χ2v) is 5.96. The predicted molar refractivity (Wildman–Crippen MR) is 93.4 cm³/mol. The highest BCUT2D eigenvalue weighted by atomic mass is 35.5. The fourth-order valence-corrected chi connectivity index (χ4v) is 2.39. The summed E-state index contributed by atoms with van der Waals surface area (Å²) in [6.45, 7) is 1.93. The van der Waals surface area contributed by atoms with E-state index >= 15 is 0 Å². The molecule has 0 aliphatic heterocycles. The molecule has 7 heteroatoms. The van der Waals surface area contributed by atoms with Gasteiger partial charge < -0.3 is 15.8 Å². The van der Waals surface area contributed by atoms with Crippen molar-refractivity contribution in [1.29, 1.82) is 0 Å². The summed E-state index contributed by atoms with van der Waals surface area (Å²) in [5.41, 5.74) is 6.43. The average molecular weight is 367 g/mol. The van der Waals surface area contributed by atoms with Gasteiger partial charge in [-0.2, -0.15) is 0 Å². The lowest BCUT2D eigenvalue weighted by atomic mass is 10.1. The van der Waals surface area contributed by atoms with E-state index < -0.39 is 12.0 Å². The summed E-state index contributed by atoms with van der Waals surface area (Å²) in [7, 11) is 0. The number of primary amides is 1. The van der Waals surface area contributed by atoms with Gasteiger partial charge in [-0.05, 0) is 42.8 Å². The highest BCUT2D eigenvalue weighted by Crippen LogP contribution is 2.28. The summed E-state index contributed by atoms with van der Waals surface area (Å²) in [6, 6.07) is 11.5. The first-order chi connectivity index (χ1) is 11.4. The number of carbonyl (C=O) groups is 2. The SMILES string of the molecule is CC(Oc1ccc(Cl)cc1Cl)C(=O)NCc1ccc(C(N)=O)cc1. The normalized spacial score (nSPS) is 11.6. The molecule has 0 bridgehead atoms. The van der Waals surface area contributed by atoms with Gasteiger partial charge in [0.1, 0.15) is 5.75 Å². The fourth-order valence-electron chi connectivity index (χ4n) is 1.93. The molecule has 0 spiro atoms. The minimum Gasteiger partial charge on any atom is -0.479 e. The maximum Gasteiger partial charge on any atom is 0.261 e. The van der Waals surface area contributed by atoms with E-state index in [1.54, 1.807) is 49.4 Å². The monoisotopic (exact) mass is 366 g/mol. The van der Waals surface area contributed by atoms with E-state index in [2.05, 4.69) is 5.32 Å². The molecule has 1 atom stereocenters. The molecule has 0 saturated heterocycles. The Labute approximate surface area is 149 Å². The minimum absolute atomic E-state index is 0.292. The quantitative estimate of drug-likeness (QED) is 0.823. The van der Waals surface area contributed by atoms with E-state index in [0.717, 1.165) is 5.56 Å². The third kappa shape index (κ3) is 4.88. The number of carbonyl (C=O) groups excluding carboxylic acids is 2. The number of hydrogen-bond acceptors (Lipinski definition) is 3. The second-order valence-electron chi connectivity index (χ2n) is 5.11. The van der Waals surface area contributed by atoms with Crippen molar-refractivity contribution in [3.63, 3.8) is 0 Å². The Kier molecular flexibility index (Phi) is 6.06. The van der Waals surface area contributed by atoms with Crippen LogP contribution in [-0.4, -0.2) is 17.9 Å². The lowest BCUT2D eigenvalue weighted by Crippen LogP contribution is -2.35. The Hall–Kier alpha value is -2.24. The van der Waals surface area contributed by atoms with Crippen LogP contribution in [0, 0.1) is 0 Å². The van der Waals surface area contributed by atoms with Crippen LogP contribution >= 0.6 is 23.2 Å². The molecule has 0 saturated carbocycles. The van der Waals surface area contributed by atoms with Crippen molar-refractivity contribution in [2.75, 3.05) is 0 Å². The Morgan fingerprint density at radius 3 is 2.42 bits per heavy atom. The maximum absolute atomic E-state index is 12.1. The molecule has 0 aliphatic rings. The van der Waals surface area contributed by atoms with E-state index in [1.165, 1.54) is 0 Å². The van der Waals surface area contributed by atoms with Crippen LogP contribution in [0.3, 0.4) is 0 Å². The topological polar surface area (TPSA) is 81.4 Å². The average Bonchev–Trinajstić information content (AvgIpc) is 2.55. The maximum atomic E-state index is 12.1. The van der Waals surface area contributed by atoms with Gasteiger partial charge in [-0.3, -0.25) is 9.59 Å². The summed E-state index contributed by atoms with van der Waals surface area (Å²) < 4.78 is 5.54. The summed E-state index contributed by atoms with van der Waals surface area (Å²) in [5, 5.41) is 3.58. The van der Waals surface area contributed by atoms with Gasteiger partial charge in [0.15, 0.2) is 6.10 Å². The van der Waals surface area contributed by atoms with E-state index in [4.69, 9.17) is 33.7 Å². The fraction of sp³-hybridized carbons (Fsp3) is 0.176. The molecule has 2 amide bonds. The molecule has 0 heterocycles.